The van der Waals surface area contributed by atoms with Crippen molar-refractivity contribution in [3.63, 3.8) is 0 Å². The zero-order valence-electron chi connectivity index (χ0n) is 18.2. The number of rotatable bonds is 1. The molecule has 0 saturated heterocycles. The number of fused-ring (bicyclic) bond motifs is 3. The van der Waals surface area contributed by atoms with Crippen LogP contribution in [0.1, 0.15) is 37.5 Å². The van der Waals surface area contributed by atoms with Crippen molar-refractivity contribution in [2.75, 3.05) is 0 Å². The Morgan fingerprint density at radius 1 is 0.931 bits per heavy atom. The molecule has 1 aromatic heterocycles. The maximum Gasteiger partial charge on any atom is 0.222 e. The molecule has 0 spiro atoms. The summed E-state index contributed by atoms with van der Waals surface area (Å²) in [6, 6.07) is 16.0. The van der Waals surface area contributed by atoms with Gasteiger partial charge < -0.3 is 0 Å². The van der Waals surface area contributed by atoms with Crippen LogP contribution in [-0.2, 0) is 13.5 Å². The highest BCUT2D eigenvalue weighted by Gasteiger charge is 2.31. The molecule has 4 aromatic rings. The van der Waals surface area contributed by atoms with Crippen LogP contribution in [0.25, 0.3) is 32.8 Å². The van der Waals surface area contributed by atoms with E-state index in [-0.39, 0.29) is 5.41 Å². The molecule has 0 aliphatic carbocycles. The Bertz CT molecular complexity index is 1310. The largest absolute Gasteiger partial charge is 0.222 e. The first-order valence-corrected chi connectivity index (χ1v) is 11.2. The topological polar surface area (TPSA) is 3.88 Å². The Hall–Kier alpha value is -2.32. The molecule has 0 N–H and O–H groups in total. The van der Waals surface area contributed by atoms with Crippen LogP contribution < -0.4 is 4.57 Å². The van der Waals surface area contributed by atoms with Crippen LogP contribution in [0.2, 0.25) is 0 Å². The fraction of sp³-hybridized carbons (Fsp3) is 0.296. The first kappa shape index (κ1) is 18.7. The average Bonchev–Trinajstić information content (AvgIpc) is 2.66. The van der Waals surface area contributed by atoms with E-state index in [0.29, 0.717) is 0 Å². The predicted octanol–water partition coefficient (Wildman–Crippen LogP) is 7.15. The SMILES string of the molecule is Cc1c2c(c(C)c3ccccc13)-c1c3c(cc(CC(C)(C)C)cc3cc[n+]1C)S2. The van der Waals surface area contributed by atoms with Crippen LogP contribution in [0.3, 0.4) is 0 Å². The molecule has 0 bridgehead atoms. The maximum absolute atomic E-state index is 2.44. The average molecular weight is 399 g/mol. The van der Waals surface area contributed by atoms with E-state index in [1.807, 2.05) is 11.8 Å². The Morgan fingerprint density at radius 3 is 2.31 bits per heavy atom. The molecule has 0 atom stereocenters. The van der Waals surface area contributed by atoms with Gasteiger partial charge >= 0.3 is 0 Å². The van der Waals surface area contributed by atoms with Crippen LogP contribution in [-0.4, -0.2) is 0 Å². The van der Waals surface area contributed by atoms with Crippen molar-refractivity contribution >= 4 is 33.3 Å². The van der Waals surface area contributed by atoms with E-state index in [1.54, 1.807) is 0 Å². The number of hydrogen-bond acceptors (Lipinski definition) is 1. The van der Waals surface area contributed by atoms with Crippen LogP contribution in [0, 0.1) is 19.3 Å². The normalized spacial score (nSPS) is 13.2. The number of pyridine rings is 1. The van der Waals surface area contributed by atoms with Crippen molar-refractivity contribution < 1.29 is 4.57 Å². The maximum atomic E-state index is 2.44. The van der Waals surface area contributed by atoms with E-state index in [0.717, 1.165) is 6.42 Å². The fourth-order valence-corrected chi connectivity index (χ4v) is 6.26. The van der Waals surface area contributed by atoms with Crippen molar-refractivity contribution in [1.29, 1.82) is 0 Å². The van der Waals surface area contributed by atoms with Gasteiger partial charge in [-0.25, -0.2) is 4.57 Å². The fourth-order valence-electron chi connectivity index (χ4n) is 4.90. The van der Waals surface area contributed by atoms with E-state index in [4.69, 9.17) is 0 Å². The minimum atomic E-state index is 0.280. The quantitative estimate of drug-likeness (QED) is 0.271. The van der Waals surface area contributed by atoms with E-state index < -0.39 is 0 Å². The molecule has 2 heterocycles. The van der Waals surface area contributed by atoms with Gasteiger partial charge in [-0.15, -0.1) is 0 Å². The van der Waals surface area contributed by atoms with Gasteiger partial charge in [0.05, 0.1) is 10.9 Å². The third-order valence-electron chi connectivity index (χ3n) is 6.12. The van der Waals surface area contributed by atoms with Gasteiger partial charge in [-0.2, -0.15) is 0 Å². The second-order valence-corrected chi connectivity index (χ2v) is 10.7. The number of benzene rings is 3. The molecule has 146 valence electrons. The smallest absolute Gasteiger partial charge is 0.200 e. The third-order valence-corrected chi connectivity index (χ3v) is 7.38. The summed E-state index contributed by atoms with van der Waals surface area (Å²) in [5, 5.41) is 5.51. The molecule has 2 heteroatoms. The van der Waals surface area contributed by atoms with Gasteiger partial charge in [-0.3, -0.25) is 0 Å². The molecule has 0 fully saturated rings. The van der Waals surface area contributed by atoms with Gasteiger partial charge in [-0.1, -0.05) is 62.9 Å². The van der Waals surface area contributed by atoms with Crippen LogP contribution in [0.5, 0.6) is 0 Å². The van der Waals surface area contributed by atoms with Gasteiger partial charge in [0.1, 0.15) is 7.05 Å². The lowest BCUT2D eigenvalue weighted by atomic mass is 9.86. The molecule has 0 saturated carbocycles. The highest BCUT2D eigenvalue weighted by molar-refractivity contribution is 7.99. The van der Waals surface area contributed by atoms with Crippen molar-refractivity contribution in [3.8, 4) is 11.3 Å². The lowest BCUT2D eigenvalue weighted by Crippen LogP contribution is -2.32. The summed E-state index contributed by atoms with van der Waals surface area (Å²) in [7, 11) is 2.19. The van der Waals surface area contributed by atoms with Gasteiger partial charge in [0.15, 0.2) is 6.20 Å². The van der Waals surface area contributed by atoms with Crippen molar-refractivity contribution in [3.05, 3.63) is 65.4 Å². The minimum absolute atomic E-state index is 0.280. The van der Waals surface area contributed by atoms with E-state index in [1.165, 1.54) is 59.3 Å². The Balaban J connectivity index is 1.89. The number of nitrogens with zero attached hydrogens (tertiary/aromatic N) is 1. The van der Waals surface area contributed by atoms with E-state index in [2.05, 4.69) is 94.9 Å². The first-order chi connectivity index (χ1) is 13.7. The molecule has 5 rings (SSSR count). The first-order valence-electron chi connectivity index (χ1n) is 10.4. The van der Waals surface area contributed by atoms with Crippen molar-refractivity contribution in [2.24, 2.45) is 12.5 Å². The summed E-state index contributed by atoms with van der Waals surface area (Å²) in [6.45, 7) is 11.5. The highest BCUT2D eigenvalue weighted by atomic mass is 32.2. The summed E-state index contributed by atoms with van der Waals surface area (Å²) >= 11 is 1.97. The molecule has 0 amide bonds. The van der Waals surface area contributed by atoms with Gasteiger partial charge in [0.25, 0.3) is 0 Å². The molecule has 1 nitrogen and oxygen atoms in total. The number of aryl methyl sites for hydroxylation is 3. The summed E-state index contributed by atoms with van der Waals surface area (Å²) < 4.78 is 2.31. The Kier molecular flexibility index (Phi) is 4.08. The molecule has 3 aromatic carbocycles. The number of hydrogen-bond donors (Lipinski definition) is 0. The summed E-state index contributed by atoms with van der Waals surface area (Å²) in [5.74, 6) is 0. The van der Waals surface area contributed by atoms with Crippen LogP contribution >= 0.6 is 11.8 Å². The molecule has 1 aliphatic rings. The second kappa shape index (κ2) is 6.34. The highest BCUT2D eigenvalue weighted by Crippen LogP contribution is 2.51. The molecular weight excluding hydrogens is 370 g/mol. The molecule has 29 heavy (non-hydrogen) atoms. The number of aromatic nitrogens is 1. The molecule has 0 unspecified atom stereocenters. The third kappa shape index (κ3) is 2.88. The summed E-state index contributed by atoms with van der Waals surface area (Å²) in [6.07, 6.45) is 3.32. The second-order valence-electron chi connectivity index (χ2n) is 9.67. The van der Waals surface area contributed by atoms with E-state index >= 15 is 0 Å². The predicted molar refractivity (Wildman–Crippen MR) is 125 cm³/mol. The van der Waals surface area contributed by atoms with Gasteiger partial charge in [-0.05, 0) is 64.6 Å². The zero-order valence-corrected chi connectivity index (χ0v) is 19.0. The molecular formula is C27H28NS+. The molecule has 1 aliphatic heterocycles. The zero-order chi connectivity index (χ0) is 20.5. The standard InChI is InChI=1S/C27H28NS/c1-16-20-9-7-8-10-21(20)17(2)26-23(16)25-24-19(11-12-28(25)6)13-18(14-22(24)29-26)15-27(3,4)5/h7-14H,15H2,1-6H3/q+1. The summed E-state index contributed by atoms with van der Waals surface area (Å²) in [4.78, 5) is 2.82. The van der Waals surface area contributed by atoms with E-state index in [9.17, 15) is 0 Å². The Morgan fingerprint density at radius 2 is 1.62 bits per heavy atom. The van der Waals surface area contributed by atoms with Gasteiger partial charge in [0.2, 0.25) is 5.69 Å². The van der Waals surface area contributed by atoms with Crippen molar-refractivity contribution in [1.82, 2.24) is 0 Å². The summed E-state index contributed by atoms with van der Waals surface area (Å²) in [5.41, 5.74) is 7.28. The van der Waals surface area contributed by atoms with Crippen LogP contribution in [0.4, 0.5) is 0 Å². The van der Waals surface area contributed by atoms with Crippen molar-refractivity contribution in [2.45, 2.75) is 50.8 Å². The Labute approximate surface area is 177 Å². The van der Waals surface area contributed by atoms with Gasteiger partial charge in [0, 0.05) is 15.9 Å². The monoisotopic (exact) mass is 398 g/mol. The lowest BCUT2D eigenvalue weighted by Gasteiger charge is -2.25. The van der Waals surface area contributed by atoms with Crippen LogP contribution in [0.15, 0.2) is 58.5 Å². The molecule has 0 radical (unpaired) electrons. The lowest BCUT2D eigenvalue weighted by molar-refractivity contribution is -0.659. The minimum Gasteiger partial charge on any atom is -0.200 e.